The number of fused-ring (bicyclic) bond motifs is 2. The van der Waals surface area contributed by atoms with E-state index in [4.69, 9.17) is 4.52 Å². The Morgan fingerprint density at radius 1 is 1.31 bits per heavy atom. The standard InChI is InChI=1S/C12H23O3P/c1-10(2)9-6-7-11(10,3)12(4,8-9)15-16(5,13)14/h9H,6-8H2,1-5H3,(H,13,14)/p-1/t9-,11-,12+/m0/s1. The van der Waals surface area contributed by atoms with Crippen molar-refractivity contribution in [3.05, 3.63) is 0 Å². The quantitative estimate of drug-likeness (QED) is 0.703. The summed E-state index contributed by atoms with van der Waals surface area (Å²) in [6.07, 6.45) is 3.15. The lowest BCUT2D eigenvalue weighted by molar-refractivity contribution is -0.215. The van der Waals surface area contributed by atoms with Crippen LogP contribution in [0.15, 0.2) is 0 Å². The summed E-state index contributed by atoms with van der Waals surface area (Å²) >= 11 is 0. The molecule has 0 saturated heterocycles. The Labute approximate surface area is 98.1 Å². The maximum Gasteiger partial charge on any atom is 0.132 e. The largest absolute Gasteiger partial charge is 0.779 e. The van der Waals surface area contributed by atoms with E-state index in [1.165, 1.54) is 13.1 Å². The number of rotatable bonds is 2. The molecule has 0 amide bonds. The van der Waals surface area contributed by atoms with E-state index >= 15 is 0 Å². The maximum atomic E-state index is 11.4. The highest BCUT2D eigenvalue weighted by Crippen LogP contribution is 2.72. The maximum absolute atomic E-state index is 11.4. The SMILES string of the molecule is CC1(C)[C@H]2CC[C@]1(C)[C@](C)(OP(C)(=O)[O-])C2. The molecule has 3 nitrogen and oxygen atoms in total. The van der Waals surface area contributed by atoms with E-state index in [1.54, 1.807) is 0 Å². The van der Waals surface area contributed by atoms with Gasteiger partial charge in [-0.1, -0.05) is 20.8 Å². The number of hydrogen-bond donors (Lipinski definition) is 0. The van der Waals surface area contributed by atoms with E-state index < -0.39 is 13.2 Å². The first-order valence-corrected chi connectivity index (χ1v) is 8.00. The Morgan fingerprint density at radius 3 is 2.19 bits per heavy atom. The minimum atomic E-state index is -3.66. The van der Waals surface area contributed by atoms with Crippen LogP contribution in [0.3, 0.4) is 0 Å². The molecule has 94 valence electrons. The summed E-state index contributed by atoms with van der Waals surface area (Å²) in [5.74, 6) is 0.592. The Kier molecular flexibility index (Phi) is 2.46. The molecule has 4 atom stereocenters. The van der Waals surface area contributed by atoms with Crippen molar-refractivity contribution >= 4 is 7.60 Å². The van der Waals surface area contributed by atoms with E-state index in [1.807, 2.05) is 6.92 Å². The lowest BCUT2D eigenvalue weighted by Gasteiger charge is -2.48. The molecule has 16 heavy (non-hydrogen) atoms. The summed E-state index contributed by atoms with van der Waals surface area (Å²) in [4.78, 5) is 11.4. The third-order valence-corrected chi connectivity index (χ3v) is 6.34. The monoisotopic (exact) mass is 245 g/mol. The van der Waals surface area contributed by atoms with Gasteiger partial charge in [-0.2, -0.15) is 0 Å². The zero-order valence-electron chi connectivity index (χ0n) is 10.9. The highest BCUT2D eigenvalue weighted by atomic mass is 31.2. The van der Waals surface area contributed by atoms with E-state index in [0.29, 0.717) is 5.92 Å². The molecule has 0 aromatic heterocycles. The van der Waals surface area contributed by atoms with Crippen LogP contribution in [-0.2, 0) is 9.09 Å². The minimum Gasteiger partial charge on any atom is -0.779 e. The second kappa shape index (κ2) is 3.13. The normalized spacial score (nSPS) is 49.2. The molecule has 0 heterocycles. The summed E-state index contributed by atoms with van der Waals surface area (Å²) in [6.45, 7) is 9.85. The summed E-state index contributed by atoms with van der Waals surface area (Å²) in [5.41, 5.74) is -0.358. The van der Waals surface area contributed by atoms with E-state index in [-0.39, 0.29) is 10.8 Å². The second-order valence-electron chi connectivity index (χ2n) is 6.59. The molecule has 2 aliphatic carbocycles. The number of hydrogen-bond acceptors (Lipinski definition) is 3. The van der Waals surface area contributed by atoms with Crippen molar-refractivity contribution in [1.29, 1.82) is 0 Å². The van der Waals surface area contributed by atoms with Crippen molar-refractivity contribution in [2.24, 2.45) is 16.7 Å². The third-order valence-electron chi connectivity index (χ3n) is 5.61. The fraction of sp³-hybridized carbons (Fsp3) is 1.00. The Balaban J connectivity index is 2.37. The van der Waals surface area contributed by atoms with Gasteiger partial charge in [0.15, 0.2) is 0 Å². The topological polar surface area (TPSA) is 49.4 Å². The van der Waals surface area contributed by atoms with Gasteiger partial charge in [0.05, 0.1) is 5.60 Å². The molecule has 2 saturated carbocycles. The molecule has 0 aromatic carbocycles. The van der Waals surface area contributed by atoms with Gasteiger partial charge in [-0.3, -0.25) is 0 Å². The van der Waals surface area contributed by atoms with Crippen LogP contribution >= 0.6 is 7.60 Å². The molecular weight excluding hydrogens is 223 g/mol. The van der Waals surface area contributed by atoms with Crippen molar-refractivity contribution < 1.29 is 14.0 Å². The first-order chi connectivity index (χ1) is 7.02. The van der Waals surface area contributed by atoms with Gasteiger partial charge in [0, 0.05) is 12.1 Å². The zero-order valence-corrected chi connectivity index (χ0v) is 11.8. The van der Waals surface area contributed by atoms with Gasteiger partial charge < -0.3 is 14.0 Å². The average Bonchev–Trinajstić information content (AvgIpc) is 2.32. The molecule has 0 N–H and O–H groups in total. The van der Waals surface area contributed by atoms with Crippen LogP contribution in [-0.4, -0.2) is 12.3 Å². The van der Waals surface area contributed by atoms with E-state index in [2.05, 4.69) is 20.8 Å². The first-order valence-electron chi connectivity index (χ1n) is 6.01. The summed E-state index contributed by atoms with van der Waals surface area (Å²) in [7, 11) is -3.66. The van der Waals surface area contributed by atoms with Crippen LogP contribution in [0.5, 0.6) is 0 Å². The smallest absolute Gasteiger partial charge is 0.132 e. The van der Waals surface area contributed by atoms with Crippen LogP contribution in [0.4, 0.5) is 0 Å². The molecule has 4 heteroatoms. The van der Waals surface area contributed by atoms with Crippen molar-refractivity contribution in [3.8, 4) is 0 Å². The third kappa shape index (κ3) is 1.45. The van der Waals surface area contributed by atoms with Gasteiger partial charge in [-0.05, 0) is 37.5 Å². The zero-order chi connectivity index (χ0) is 12.4. The van der Waals surface area contributed by atoms with Gasteiger partial charge in [0.1, 0.15) is 7.60 Å². The fourth-order valence-electron chi connectivity index (χ4n) is 4.10. The Hall–Kier alpha value is 0.150. The molecule has 1 unspecified atom stereocenters. The lowest BCUT2D eigenvalue weighted by Crippen LogP contribution is -2.46. The van der Waals surface area contributed by atoms with Crippen molar-refractivity contribution in [1.82, 2.24) is 0 Å². The predicted octanol–water partition coefficient (Wildman–Crippen LogP) is 2.79. The van der Waals surface area contributed by atoms with Gasteiger partial charge in [0.25, 0.3) is 0 Å². The van der Waals surface area contributed by atoms with Gasteiger partial charge in [-0.25, -0.2) is 0 Å². The molecule has 2 fully saturated rings. The van der Waals surface area contributed by atoms with Gasteiger partial charge in [-0.15, -0.1) is 0 Å². The van der Waals surface area contributed by atoms with Gasteiger partial charge >= 0.3 is 0 Å². The van der Waals surface area contributed by atoms with Crippen LogP contribution in [0.25, 0.3) is 0 Å². The minimum absolute atomic E-state index is 0.0270. The van der Waals surface area contributed by atoms with Gasteiger partial charge in [0.2, 0.25) is 0 Å². The van der Waals surface area contributed by atoms with E-state index in [0.717, 1.165) is 12.8 Å². The molecule has 2 rings (SSSR count). The molecule has 0 aromatic rings. The lowest BCUT2D eigenvalue weighted by atomic mass is 9.65. The predicted molar refractivity (Wildman–Crippen MR) is 62.2 cm³/mol. The van der Waals surface area contributed by atoms with Crippen LogP contribution < -0.4 is 4.89 Å². The summed E-state index contributed by atoms with van der Waals surface area (Å²) in [5, 5.41) is 0. The summed E-state index contributed by atoms with van der Waals surface area (Å²) < 4.78 is 16.9. The van der Waals surface area contributed by atoms with Crippen LogP contribution in [0.2, 0.25) is 0 Å². The van der Waals surface area contributed by atoms with Crippen molar-refractivity contribution in [3.63, 3.8) is 0 Å². The molecule has 2 bridgehead atoms. The molecule has 2 aliphatic rings. The van der Waals surface area contributed by atoms with Crippen LogP contribution in [0.1, 0.15) is 47.0 Å². The summed E-state index contributed by atoms with van der Waals surface area (Å²) in [6, 6.07) is 0. The van der Waals surface area contributed by atoms with Crippen molar-refractivity contribution in [2.75, 3.05) is 6.66 Å². The molecule has 0 radical (unpaired) electrons. The second-order valence-corrected chi connectivity index (χ2v) is 8.31. The fourth-order valence-corrected chi connectivity index (χ4v) is 5.11. The first kappa shape index (κ1) is 12.6. The van der Waals surface area contributed by atoms with Crippen molar-refractivity contribution in [2.45, 2.75) is 52.6 Å². The molecule has 0 spiro atoms. The van der Waals surface area contributed by atoms with E-state index in [9.17, 15) is 9.46 Å². The molecule has 0 aliphatic heterocycles. The Morgan fingerprint density at radius 2 is 1.88 bits per heavy atom. The Bertz CT molecular complexity index is 359. The molecular formula is C12H22O3P-. The van der Waals surface area contributed by atoms with Crippen LogP contribution in [0, 0.1) is 16.7 Å². The highest BCUT2D eigenvalue weighted by Gasteiger charge is 2.68. The average molecular weight is 245 g/mol. The highest BCUT2D eigenvalue weighted by molar-refractivity contribution is 7.50.